The number of benzene rings is 1. The molecule has 5 heteroatoms. The Morgan fingerprint density at radius 3 is 2.89 bits per heavy atom. The summed E-state index contributed by atoms with van der Waals surface area (Å²) in [6, 6.07) is 4.27. The molecule has 1 aromatic rings. The largest absolute Gasteiger partial charge is 0.481 e. The van der Waals surface area contributed by atoms with Crippen LogP contribution < -0.4 is 0 Å². The molecular weight excluding hydrogens is 269 g/mol. The lowest BCUT2D eigenvalue weighted by atomic mass is 9.84. The van der Waals surface area contributed by atoms with Crippen LogP contribution in [0.15, 0.2) is 18.2 Å². The number of hydrogen-bond acceptors (Lipinski definition) is 2. The van der Waals surface area contributed by atoms with Crippen LogP contribution in [0.25, 0.3) is 0 Å². The van der Waals surface area contributed by atoms with Gasteiger partial charge in [0.25, 0.3) is 0 Å². The Balaban J connectivity index is 2.10. The lowest BCUT2D eigenvalue weighted by molar-refractivity contribution is -0.148. The Hall–Kier alpha value is -1.13. The highest BCUT2D eigenvalue weighted by atomic mass is 35.5. The first-order valence-electron chi connectivity index (χ1n) is 6.36. The minimum Gasteiger partial charge on any atom is -0.481 e. The van der Waals surface area contributed by atoms with Gasteiger partial charge in [0.1, 0.15) is 5.82 Å². The molecule has 1 unspecified atom stereocenters. The average molecular weight is 286 g/mol. The van der Waals surface area contributed by atoms with Gasteiger partial charge < -0.3 is 5.11 Å². The first kappa shape index (κ1) is 14.3. The lowest BCUT2D eigenvalue weighted by Crippen LogP contribution is -2.33. The molecule has 104 valence electrons. The van der Waals surface area contributed by atoms with Crippen molar-refractivity contribution < 1.29 is 14.3 Å². The summed E-state index contributed by atoms with van der Waals surface area (Å²) in [5.74, 6) is -1.07. The van der Waals surface area contributed by atoms with E-state index in [1.807, 2.05) is 11.8 Å². The summed E-state index contributed by atoms with van der Waals surface area (Å²) in [7, 11) is 0. The molecule has 0 radical (unpaired) electrons. The Labute approximate surface area is 117 Å². The first-order valence-corrected chi connectivity index (χ1v) is 6.74. The van der Waals surface area contributed by atoms with Crippen LogP contribution in [0.1, 0.15) is 25.3 Å². The second kappa shape index (κ2) is 5.47. The van der Waals surface area contributed by atoms with Gasteiger partial charge in [0, 0.05) is 18.1 Å². The fourth-order valence-corrected chi connectivity index (χ4v) is 2.79. The predicted octanol–water partition coefficient (Wildman–Crippen LogP) is 3.17. The number of aliphatic carboxylic acids is 1. The van der Waals surface area contributed by atoms with Crippen LogP contribution in [0, 0.1) is 11.2 Å². The number of likely N-dealkylation sites (tertiary alicyclic amines) is 1. The maximum atomic E-state index is 13.2. The Morgan fingerprint density at radius 2 is 2.32 bits per heavy atom. The van der Waals surface area contributed by atoms with Crippen molar-refractivity contribution in [2.75, 3.05) is 13.1 Å². The van der Waals surface area contributed by atoms with Gasteiger partial charge in [0.05, 0.1) is 5.41 Å². The van der Waals surface area contributed by atoms with E-state index >= 15 is 0 Å². The van der Waals surface area contributed by atoms with Crippen LogP contribution in [0.3, 0.4) is 0 Å². The topological polar surface area (TPSA) is 40.5 Å². The Bertz CT molecular complexity index is 494. The smallest absolute Gasteiger partial charge is 0.310 e. The molecule has 19 heavy (non-hydrogen) atoms. The zero-order valence-electron chi connectivity index (χ0n) is 10.8. The fraction of sp³-hybridized carbons (Fsp3) is 0.500. The van der Waals surface area contributed by atoms with E-state index < -0.39 is 11.4 Å². The number of halogens is 2. The van der Waals surface area contributed by atoms with Crippen LogP contribution >= 0.6 is 11.6 Å². The summed E-state index contributed by atoms with van der Waals surface area (Å²) in [5.41, 5.74) is 0.0405. The van der Waals surface area contributed by atoms with Crippen molar-refractivity contribution in [3.8, 4) is 0 Å². The number of carboxylic acid groups (broad SMARTS) is 1. The van der Waals surface area contributed by atoms with E-state index in [9.17, 15) is 14.3 Å². The van der Waals surface area contributed by atoms with Crippen molar-refractivity contribution in [2.24, 2.45) is 5.41 Å². The maximum Gasteiger partial charge on any atom is 0.310 e. The monoisotopic (exact) mass is 285 g/mol. The third-order valence-corrected chi connectivity index (χ3v) is 4.33. The van der Waals surface area contributed by atoms with E-state index in [1.165, 1.54) is 18.2 Å². The van der Waals surface area contributed by atoms with Gasteiger partial charge >= 0.3 is 5.97 Å². The van der Waals surface area contributed by atoms with Crippen molar-refractivity contribution in [1.29, 1.82) is 0 Å². The maximum absolute atomic E-state index is 13.2. The second-order valence-electron chi connectivity index (χ2n) is 5.14. The first-order chi connectivity index (χ1) is 8.97. The number of rotatable bonds is 4. The molecule has 1 fully saturated rings. The predicted molar refractivity (Wildman–Crippen MR) is 71.7 cm³/mol. The third kappa shape index (κ3) is 2.90. The van der Waals surface area contributed by atoms with Gasteiger partial charge in [0.15, 0.2) is 0 Å². The van der Waals surface area contributed by atoms with Gasteiger partial charge in [-0.25, -0.2) is 4.39 Å². The minimum atomic E-state index is -0.747. The zero-order chi connectivity index (χ0) is 14.0. The van der Waals surface area contributed by atoms with Crippen LogP contribution in [0.5, 0.6) is 0 Å². The minimum absolute atomic E-state index is 0.321. The molecule has 0 saturated carbocycles. The molecule has 2 rings (SSSR count). The van der Waals surface area contributed by atoms with Gasteiger partial charge in [-0.05, 0) is 43.1 Å². The van der Waals surface area contributed by atoms with E-state index in [4.69, 9.17) is 11.6 Å². The number of hydrogen-bond donors (Lipinski definition) is 1. The van der Waals surface area contributed by atoms with E-state index in [-0.39, 0.29) is 5.82 Å². The van der Waals surface area contributed by atoms with Crippen LogP contribution in [-0.4, -0.2) is 29.1 Å². The molecule has 1 aromatic carbocycles. The Kier molecular flexibility index (Phi) is 4.11. The molecule has 1 aliphatic heterocycles. The van der Waals surface area contributed by atoms with Crippen molar-refractivity contribution in [3.05, 3.63) is 34.6 Å². The van der Waals surface area contributed by atoms with Crippen molar-refractivity contribution in [1.82, 2.24) is 4.90 Å². The number of nitrogens with zero attached hydrogens (tertiary/aromatic N) is 1. The van der Waals surface area contributed by atoms with E-state index in [0.29, 0.717) is 43.1 Å². The summed E-state index contributed by atoms with van der Waals surface area (Å²) in [6.07, 6.45) is 1.24. The molecule has 1 atom stereocenters. The molecular formula is C14H17ClFNO2. The highest BCUT2D eigenvalue weighted by Gasteiger charge is 2.43. The number of carboxylic acids is 1. The summed E-state index contributed by atoms with van der Waals surface area (Å²) in [4.78, 5) is 13.4. The lowest BCUT2D eigenvalue weighted by Gasteiger charge is -2.23. The molecule has 0 aliphatic carbocycles. The molecule has 1 N–H and O–H groups in total. The molecule has 0 amide bonds. The molecule has 3 nitrogen and oxygen atoms in total. The fourth-order valence-electron chi connectivity index (χ4n) is 2.61. The number of carbonyl (C=O) groups is 1. The van der Waals surface area contributed by atoms with Crippen LogP contribution in [-0.2, 0) is 11.3 Å². The third-order valence-electron chi connectivity index (χ3n) is 3.97. The average Bonchev–Trinajstić information content (AvgIpc) is 2.79. The highest BCUT2D eigenvalue weighted by molar-refractivity contribution is 6.31. The van der Waals surface area contributed by atoms with Gasteiger partial charge in [0.2, 0.25) is 0 Å². The van der Waals surface area contributed by atoms with Crippen LogP contribution in [0.4, 0.5) is 4.39 Å². The molecule has 1 saturated heterocycles. The molecule has 1 aliphatic rings. The van der Waals surface area contributed by atoms with Gasteiger partial charge in [-0.15, -0.1) is 0 Å². The van der Waals surface area contributed by atoms with Crippen molar-refractivity contribution in [2.45, 2.75) is 26.3 Å². The molecule has 0 spiro atoms. The summed E-state index contributed by atoms with van der Waals surface area (Å²) >= 11 is 6.03. The molecule has 1 heterocycles. The van der Waals surface area contributed by atoms with Crippen molar-refractivity contribution >= 4 is 17.6 Å². The standard InChI is InChI=1S/C14H17ClFNO2/c1-2-14(13(18)19)5-6-17(9-14)8-10-7-11(16)3-4-12(10)15/h3-4,7H,2,5-6,8-9H2,1H3,(H,18,19). The summed E-state index contributed by atoms with van der Waals surface area (Å²) in [5, 5.41) is 9.85. The van der Waals surface area contributed by atoms with Gasteiger partial charge in [-0.2, -0.15) is 0 Å². The van der Waals surface area contributed by atoms with Crippen molar-refractivity contribution in [3.63, 3.8) is 0 Å². The van der Waals surface area contributed by atoms with E-state index in [2.05, 4.69) is 0 Å². The SMILES string of the molecule is CCC1(C(=O)O)CCN(Cc2cc(F)ccc2Cl)C1. The Morgan fingerprint density at radius 1 is 1.58 bits per heavy atom. The second-order valence-corrected chi connectivity index (χ2v) is 5.54. The van der Waals surface area contributed by atoms with E-state index in [1.54, 1.807) is 0 Å². The van der Waals surface area contributed by atoms with Crippen LogP contribution in [0.2, 0.25) is 5.02 Å². The van der Waals surface area contributed by atoms with Gasteiger partial charge in [-0.1, -0.05) is 18.5 Å². The summed E-state index contributed by atoms with van der Waals surface area (Å²) in [6.45, 7) is 3.58. The molecule has 0 aromatic heterocycles. The van der Waals surface area contributed by atoms with Gasteiger partial charge in [-0.3, -0.25) is 9.69 Å². The zero-order valence-corrected chi connectivity index (χ0v) is 11.6. The molecule has 0 bridgehead atoms. The highest BCUT2D eigenvalue weighted by Crippen LogP contribution is 2.35. The quantitative estimate of drug-likeness (QED) is 0.924. The van der Waals surface area contributed by atoms with E-state index in [0.717, 1.165) is 0 Å². The normalized spacial score (nSPS) is 23.7. The summed E-state index contributed by atoms with van der Waals surface area (Å²) < 4.78 is 13.2.